The SMILES string of the molecule is COc1cc(C)cc(C(C)(C)CO)c1Cl. The normalized spacial score (nSPS) is 11.6. The quantitative estimate of drug-likeness (QED) is 0.862. The number of aliphatic hydroxyl groups excluding tert-OH is 1. The average molecular weight is 229 g/mol. The van der Waals surface area contributed by atoms with Gasteiger partial charge in [0.1, 0.15) is 5.75 Å². The fourth-order valence-electron chi connectivity index (χ4n) is 1.46. The molecule has 84 valence electrons. The highest BCUT2D eigenvalue weighted by molar-refractivity contribution is 6.33. The van der Waals surface area contributed by atoms with Gasteiger partial charge in [0.2, 0.25) is 0 Å². The Morgan fingerprint density at radius 3 is 2.47 bits per heavy atom. The van der Waals surface area contributed by atoms with Crippen molar-refractivity contribution in [1.29, 1.82) is 0 Å². The molecule has 15 heavy (non-hydrogen) atoms. The summed E-state index contributed by atoms with van der Waals surface area (Å²) in [5.74, 6) is 0.660. The Hall–Kier alpha value is -0.730. The molecule has 0 radical (unpaired) electrons. The van der Waals surface area contributed by atoms with Crippen LogP contribution in [-0.2, 0) is 5.41 Å². The maximum Gasteiger partial charge on any atom is 0.138 e. The van der Waals surface area contributed by atoms with Gasteiger partial charge in [0.05, 0.1) is 18.7 Å². The summed E-state index contributed by atoms with van der Waals surface area (Å²) >= 11 is 6.21. The van der Waals surface area contributed by atoms with Gasteiger partial charge in [-0.25, -0.2) is 0 Å². The zero-order valence-corrected chi connectivity index (χ0v) is 10.4. The van der Waals surface area contributed by atoms with E-state index in [1.165, 1.54) is 0 Å². The molecule has 1 aromatic carbocycles. The predicted octanol–water partition coefficient (Wildman–Crippen LogP) is 2.93. The highest BCUT2D eigenvalue weighted by Gasteiger charge is 2.24. The van der Waals surface area contributed by atoms with Gasteiger partial charge < -0.3 is 9.84 Å². The lowest BCUT2D eigenvalue weighted by molar-refractivity contribution is 0.218. The Balaban J connectivity index is 3.35. The van der Waals surface area contributed by atoms with E-state index >= 15 is 0 Å². The fraction of sp³-hybridized carbons (Fsp3) is 0.500. The van der Waals surface area contributed by atoms with Gasteiger partial charge >= 0.3 is 0 Å². The van der Waals surface area contributed by atoms with Crippen LogP contribution in [0.15, 0.2) is 12.1 Å². The van der Waals surface area contributed by atoms with E-state index < -0.39 is 0 Å². The molecular formula is C12H17ClO2. The first-order chi connectivity index (χ1) is 6.92. The molecule has 0 saturated heterocycles. The number of halogens is 1. The first-order valence-corrected chi connectivity index (χ1v) is 5.25. The number of hydrogen-bond donors (Lipinski definition) is 1. The lowest BCUT2D eigenvalue weighted by Gasteiger charge is -2.25. The van der Waals surface area contributed by atoms with Crippen LogP contribution in [0.2, 0.25) is 5.02 Å². The summed E-state index contributed by atoms with van der Waals surface area (Å²) in [4.78, 5) is 0. The van der Waals surface area contributed by atoms with Crippen molar-refractivity contribution in [1.82, 2.24) is 0 Å². The minimum atomic E-state index is -0.351. The minimum absolute atomic E-state index is 0.0549. The molecule has 0 aliphatic rings. The van der Waals surface area contributed by atoms with Crippen molar-refractivity contribution in [3.05, 3.63) is 28.3 Å². The van der Waals surface area contributed by atoms with E-state index in [1.807, 2.05) is 32.9 Å². The van der Waals surface area contributed by atoms with E-state index in [-0.39, 0.29) is 12.0 Å². The standard InChI is InChI=1S/C12H17ClO2/c1-8-5-9(12(2,3)7-14)11(13)10(6-8)15-4/h5-6,14H,7H2,1-4H3. The number of aryl methyl sites for hydroxylation is 1. The third kappa shape index (κ3) is 2.44. The van der Waals surface area contributed by atoms with E-state index in [1.54, 1.807) is 7.11 Å². The number of methoxy groups -OCH3 is 1. The molecule has 0 unspecified atom stereocenters. The monoisotopic (exact) mass is 228 g/mol. The van der Waals surface area contributed by atoms with Gasteiger partial charge in [0.15, 0.2) is 0 Å². The molecule has 0 amide bonds. The summed E-state index contributed by atoms with van der Waals surface area (Å²) in [5, 5.41) is 9.91. The molecule has 0 heterocycles. The molecule has 0 bridgehead atoms. The summed E-state index contributed by atoms with van der Waals surface area (Å²) < 4.78 is 5.19. The zero-order valence-electron chi connectivity index (χ0n) is 9.60. The maximum absolute atomic E-state index is 9.33. The first kappa shape index (κ1) is 12.3. The van der Waals surface area contributed by atoms with Crippen LogP contribution in [0.3, 0.4) is 0 Å². The van der Waals surface area contributed by atoms with Crippen molar-refractivity contribution >= 4 is 11.6 Å². The topological polar surface area (TPSA) is 29.5 Å². The second-order valence-corrected chi connectivity index (χ2v) is 4.75. The van der Waals surface area contributed by atoms with Crippen molar-refractivity contribution in [2.24, 2.45) is 0 Å². The van der Waals surface area contributed by atoms with Crippen molar-refractivity contribution < 1.29 is 9.84 Å². The van der Waals surface area contributed by atoms with Crippen LogP contribution in [-0.4, -0.2) is 18.8 Å². The summed E-state index contributed by atoms with van der Waals surface area (Å²) in [6.45, 7) is 5.94. The Morgan fingerprint density at radius 2 is 2.00 bits per heavy atom. The smallest absolute Gasteiger partial charge is 0.138 e. The Kier molecular flexibility index (Phi) is 3.63. The summed E-state index contributed by atoms with van der Waals surface area (Å²) in [6, 6.07) is 3.88. The largest absolute Gasteiger partial charge is 0.495 e. The summed E-state index contributed by atoms with van der Waals surface area (Å²) in [6.07, 6.45) is 0. The molecule has 1 N–H and O–H groups in total. The number of hydrogen-bond acceptors (Lipinski definition) is 2. The second-order valence-electron chi connectivity index (χ2n) is 4.37. The number of benzene rings is 1. The molecule has 3 heteroatoms. The lowest BCUT2D eigenvalue weighted by Crippen LogP contribution is -2.22. The van der Waals surface area contributed by atoms with Crippen LogP contribution < -0.4 is 4.74 Å². The molecular weight excluding hydrogens is 212 g/mol. The van der Waals surface area contributed by atoms with Crippen LogP contribution in [0.25, 0.3) is 0 Å². The number of rotatable bonds is 3. The van der Waals surface area contributed by atoms with Gasteiger partial charge in [-0.15, -0.1) is 0 Å². The Labute approximate surface area is 95.8 Å². The molecule has 1 rings (SSSR count). The van der Waals surface area contributed by atoms with E-state index in [4.69, 9.17) is 16.3 Å². The van der Waals surface area contributed by atoms with Crippen LogP contribution >= 0.6 is 11.6 Å². The second kappa shape index (κ2) is 4.42. The maximum atomic E-state index is 9.33. The van der Waals surface area contributed by atoms with Crippen LogP contribution in [0, 0.1) is 6.92 Å². The first-order valence-electron chi connectivity index (χ1n) is 4.88. The van der Waals surface area contributed by atoms with Gasteiger partial charge in [0, 0.05) is 5.41 Å². The van der Waals surface area contributed by atoms with Crippen molar-refractivity contribution in [2.75, 3.05) is 13.7 Å². The van der Waals surface area contributed by atoms with E-state index in [0.29, 0.717) is 10.8 Å². The molecule has 0 spiro atoms. The molecule has 0 aliphatic carbocycles. The van der Waals surface area contributed by atoms with Crippen LogP contribution in [0.1, 0.15) is 25.0 Å². The van der Waals surface area contributed by atoms with Gasteiger partial charge in [0.25, 0.3) is 0 Å². The molecule has 0 aromatic heterocycles. The average Bonchev–Trinajstić information content (AvgIpc) is 2.20. The van der Waals surface area contributed by atoms with Crippen molar-refractivity contribution in [2.45, 2.75) is 26.2 Å². The lowest BCUT2D eigenvalue weighted by atomic mass is 9.84. The van der Waals surface area contributed by atoms with E-state index in [9.17, 15) is 5.11 Å². The van der Waals surface area contributed by atoms with Crippen LogP contribution in [0.5, 0.6) is 5.75 Å². The van der Waals surface area contributed by atoms with Crippen molar-refractivity contribution in [3.63, 3.8) is 0 Å². The van der Waals surface area contributed by atoms with Gasteiger partial charge in [-0.1, -0.05) is 31.5 Å². The predicted molar refractivity (Wildman–Crippen MR) is 62.9 cm³/mol. The van der Waals surface area contributed by atoms with E-state index in [0.717, 1.165) is 11.1 Å². The Bertz CT molecular complexity index is 359. The van der Waals surface area contributed by atoms with Crippen LogP contribution in [0.4, 0.5) is 0 Å². The summed E-state index contributed by atoms with van der Waals surface area (Å²) in [5.41, 5.74) is 1.65. The number of ether oxygens (including phenoxy) is 1. The molecule has 2 nitrogen and oxygen atoms in total. The summed E-state index contributed by atoms with van der Waals surface area (Å²) in [7, 11) is 1.59. The molecule has 1 aromatic rings. The fourth-order valence-corrected chi connectivity index (χ4v) is 1.90. The van der Waals surface area contributed by atoms with Gasteiger partial charge in [-0.05, 0) is 24.1 Å². The minimum Gasteiger partial charge on any atom is -0.495 e. The van der Waals surface area contributed by atoms with E-state index in [2.05, 4.69) is 0 Å². The molecule has 0 atom stereocenters. The molecule has 0 fully saturated rings. The molecule has 0 saturated carbocycles. The highest BCUT2D eigenvalue weighted by Crippen LogP contribution is 2.36. The van der Waals surface area contributed by atoms with Gasteiger partial charge in [-0.3, -0.25) is 0 Å². The van der Waals surface area contributed by atoms with Gasteiger partial charge in [-0.2, -0.15) is 0 Å². The third-order valence-corrected chi connectivity index (χ3v) is 2.92. The Morgan fingerprint density at radius 1 is 1.40 bits per heavy atom. The third-order valence-electron chi connectivity index (χ3n) is 2.53. The van der Waals surface area contributed by atoms with Crippen molar-refractivity contribution in [3.8, 4) is 5.75 Å². The highest BCUT2D eigenvalue weighted by atomic mass is 35.5. The zero-order chi connectivity index (χ0) is 11.6. The molecule has 0 aliphatic heterocycles. The number of aliphatic hydroxyl groups is 1.